The van der Waals surface area contributed by atoms with Crippen LogP contribution in [0.2, 0.25) is 0 Å². The number of nitrogens with one attached hydrogen (secondary N) is 2. The van der Waals surface area contributed by atoms with Crippen molar-refractivity contribution in [3.63, 3.8) is 0 Å². The second-order valence-electron chi connectivity index (χ2n) is 8.19. The summed E-state index contributed by atoms with van der Waals surface area (Å²) in [6.07, 6.45) is 4.37. The van der Waals surface area contributed by atoms with Gasteiger partial charge in [-0.1, -0.05) is 13.0 Å². The molecule has 0 radical (unpaired) electrons. The maximum absolute atomic E-state index is 5.68. The zero-order valence-corrected chi connectivity index (χ0v) is 23.5. The number of benzene rings is 1. The minimum absolute atomic E-state index is 0. The van der Waals surface area contributed by atoms with Gasteiger partial charge >= 0.3 is 0 Å². The second kappa shape index (κ2) is 18.1. The average Bonchev–Trinajstić information content (AvgIpc) is 2.82. The van der Waals surface area contributed by atoms with Crippen molar-refractivity contribution in [3.05, 3.63) is 23.8 Å². The summed E-state index contributed by atoms with van der Waals surface area (Å²) in [6, 6.07) is 6.17. The maximum atomic E-state index is 5.68. The Kier molecular flexibility index (Phi) is 16.3. The van der Waals surface area contributed by atoms with Gasteiger partial charge in [-0.05, 0) is 70.3 Å². The van der Waals surface area contributed by atoms with Crippen LogP contribution >= 0.6 is 24.0 Å². The quantitative estimate of drug-likeness (QED) is 0.153. The largest absolute Gasteiger partial charge is 0.493 e. The number of likely N-dealkylation sites (N-methyl/N-ethyl adjacent to an activating group) is 1. The fraction of sp³-hybridized carbons (Fsp3) is 0.720. The van der Waals surface area contributed by atoms with E-state index in [0.29, 0.717) is 6.61 Å². The standard InChI is InChI=1S/C25H45N5O2.HI/c1-5-26-25(27-14-8-9-16-30-19-17-29(6-2)18-20-30)28-15-10-11-22-12-13-23(31-4)24(21-22)32-7-3;/h12-13,21H,5-11,14-20H2,1-4H3,(H2,26,27,28);1H. The summed E-state index contributed by atoms with van der Waals surface area (Å²) < 4.78 is 11.0. The lowest BCUT2D eigenvalue weighted by molar-refractivity contribution is 0.136. The number of hydrogen-bond acceptors (Lipinski definition) is 5. The maximum Gasteiger partial charge on any atom is 0.191 e. The summed E-state index contributed by atoms with van der Waals surface area (Å²) in [6.45, 7) is 16.9. The van der Waals surface area contributed by atoms with Gasteiger partial charge in [-0.15, -0.1) is 24.0 Å². The molecule has 1 heterocycles. The molecule has 1 fully saturated rings. The molecule has 0 saturated carbocycles. The molecule has 1 aliphatic rings. The van der Waals surface area contributed by atoms with E-state index >= 15 is 0 Å². The molecule has 1 saturated heterocycles. The highest BCUT2D eigenvalue weighted by Crippen LogP contribution is 2.28. The molecule has 0 atom stereocenters. The first-order valence-electron chi connectivity index (χ1n) is 12.5. The molecule has 33 heavy (non-hydrogen) atoms. The van der Waals surface area contributed by atoms with Crippen molar-refractivity contribution >= 4 is 29.9 Å². The predicted molar refractivity (Wildman–Crippen MR) is 150 cm³/mol. The molecule has 0 unspecified atom stereocenters. The highest BCUT2D eigenvalue weighted by atomic mass is 127. The SMILES string of the molecule is CCNC(=NCCCc1ccc(OC)c(OCC)c1)NCCCCN1CCN(CC)CC1.I. The summed E-state index contributed by atoms with van der Waals surface area (Å²) in [4.78, 5) is 9.88. The van der Waals surface area contributed by atoms with Crippen LogP contribution in [0.1, 0.15) is 45.6 Å². The molecular weight excluding hydrogens is 529 g/mol. The number of ether oxygens (including phenoxy) is 2. The van der Waals surface area contributed by atoms with E-state index in [1.54, 1.807) is 7.11 Å². The number of guanidine groups is 1. The van der Waals surface area contributed by atoms with Gasteiger partial charge in [0, 0.05) is 45.8 Å². The van der Waals surface area contributed by atoms with Gasteiger partial charge in [0.05, 0.1) is 13.7 Å². The van der Waals surface area contributed by atoms with Crippen molar-refractivity contribution in [1.82, 2.24) is 20.4 Å². The van der Waals surface area contributed by atoms with E-state index in [9.17, 15) is 0 Å². The fourth-order valence-corrected chi connectivity index (χ4v) is 3.96. The number of methoxy groups -OCH3 is 1. The van der Waals surface area contributed by atoms with E-state index in [2.05, 4.69) is 46.4 Å². The highest BCUT2D eigenvalue weighted by Gasteiger charge is 2.14. The Labute approximate surface area is 218 Å². The van der Waals surface area contributed by atoms with Crippen LogP contribution in [0, 0.1) is 0 Å². The number of nitrogens with zero attached hydrogens (tertiary/aromatic N) is 3. The lowest BCUT2D eigenvalue weighted by Crippen LogP contribution is -2.46. The van der Waals surface area contributed by atoms with Crippen LogP contribution in [0.25, 0.3) is 0 Å². The van der Waals surface area contributed by atoms with E-state index in [4.69, 9.17) is 14.5 Å². The Balaban J connectivity index is 0.00000544. The summed E-state index contributed by atoms with van der Waals surface area (Å²) in [5.74, 6) is 2.53. The van der Waals surface area contributed by atoms with Crippen LogP contribution in [0.15, 0.2) is 23.2 Å². The lowest BCUT2D eigenvalue weighted by atomic mass is 10.1. The molecule has 7 nitrogen and oxygen atoms in total. The number of aliphatic imine (C=N–C) groups is 1. The van der Waals surface area contributed by atoms with Crippen LogP contribution in [-0.2, 0) is 6.42 Å². The second-order valence-corrected chi connectivity index (χ2v) is 8.19. The molecule has 2 rings (SSSR count). The molecule has 1 aliphatic heterocycles. The molecule has 1 aromatic rings. The smallest absolute Gasteiger partial charge is 0.191 e. The van der Waals surface area contributed by atoms with Crippen molar-refractivity contribution in [2.45, 2.75) is 46.5 Å². The molecule has 0 amide bonds. The van der Waals surface area contributed by atoms with Crippen molar-refractivity contribution < 1.29 is 9.47 Å². The van der Waals surface area contributed by atoms with E-state index in [1.807, 2.05) is 13.0 Å². The number of rotatable bonds is 14. The third-order valence-corrected chi connectivity index (χ3v) is 5.87. The minimum Gasteiger partial charge on any atom is -0.493 e. The topological polar surface area (TPSA) is 61.4 Å². The van der Waals surface area contributed by atoms with Crippen molar-refractivity contribution in [1.29, 1.82) is 0 Å². The third-order valence-electron chi connectivity index (χ3n) is 5.87. The Morgan fingerprint density at radius 3 is 2.39 bits per heavy atom. The van der Waals surface area contributed by atoms with E-state index < -0.39 is 0 Å². The van der Waals surface area contributed by atoms with Crippen molar-refractivity contribution in [2.75, 3.05) is 72.6 Å². The Morgan fingerprint density at radius 2 is 1.73 bits per heavy atom. The van der Waals surface area contributed by atoms with Gasteiger partial charge in [-0.2, -0.15) is 0 Å². The zero-order valence-electron chi connectivity index (χ0n) is 21.2. The normalized spacial score (nSPS) is 15.1. The molecule has 190 valence electrons. The van der Waals surface area contributed by atoms with E-state index in [0.717, 1.165) is 49.9 Å². The van der Waals surface area contributed by atoms with Gasteiger partial charge in [-0.25, -0.2) is 0 Å². The summed E-state index contributed by atoms with van der Waals surface area (Å²) >= 11 is 0. The van der Waals surface area contributed by atoms with Gasteiger partial charge in [0.15, 0.2) is 17.5 Å². The van der Waals surface area contributed by atoms with Gasteiger partial charge in [0.2, 0.25) is 0 Å². The summed E-state index contributed by atoms with van der Waals surface area (Å²) in [5, 5.41) is 6.85. The van der Waals surface area contributed by atoms with Crippen LogP contribution in [0.5, 0.6) is 11.5 Å². The first-order chi connectivity index (χ1) is 15.7. The molecule has 0 spiro atoms. The molecule has 0 aromatic heterocycles. The number of unbranched alkanes of at least 4 members (excludes halogenated alkanes) is 1. The van der Waals surface area contributed by atoms with Gasteiger partial charge in [0.25, 0.3) is 0 Å². The van der Waals surface area contributed by atoms with Gasteiger partial charge in [-0.3, -0.25) is 4.99 Å². The minimum atomic E-state index is 0. The Bertz CT molecular complexity index is 666. The Morgan fingerprint density at radius 1 is 0.970 bits per heavy atom. The van der Waals surface area contributed by atoms with Crippen molar-refractivity contribution in [2.24, 2.45) is 4.99 Å². The predicted octanol–water partition coefficient (Wildman–Crippen LogP) is 3.62. The summed E-state index contributed by atoms with van der Waals surface area (Å²) in [7, 11) is 1.68. The monoisotopic (exact) mass is 575 g/mol. The molecule has 0 bridgehead atoms. The van der Waals surface area contributed by atoms with Crippen LogP contribution in [0.4, 0.5) is 0 Å². The molecule has 0 aliphatic carbocycles. The van der Waals surface area contributed by atoms with Gasteiger partial charge < -0.3 is 29.9 Å². The highest BCUT2D eigenvalue weighted by molar-refractivity contribution is 14.0. The average molecular weight is 576 g/mol. The lowest BCUT2D eigenvalue weighted by Gasteiger charge is -2.34. The molecule has 2 N–H and O–H groups in total. The van der Waals surface area contributed by atoms with Crippen molar-refractivity contribution in [3.8, 4) is 11.5 Å². The Hall–Kier alpha value is -1.26. The molecular formula is C25H46IN5O2. The first-order valence-corrected chi connectivity index (χ1v) is 12.5. The number of halogens is 1. The zero-order chi connectivity index (χ0) is 23.0. The fourth-order valence-electron chi connectivity index (χ4n) is 3.96. The number of aryl methyl sites for hydroxylation is 1. The third kappa shape index (κ3) is 11.6. The van der Waals surface area contributed by atoms with Crippen LogP contribution in [-0.4, -0.2) is 88.4 Å². The number of hydrogen-bond donors (Lipinski definition) is 2. The van der Waals surface area contributed by atoms with E-state index in [1.165, 1.54) is 57.7 Å². The van der Waals surface area contributed by atoms with Crippen LogP contribution < -0.4 is 20.1 Å². The number of piperazine rings is 1. The van der Waals surface area contributed by atoms with Crippen LogP contribution in [0.3, 0.4) is 0 Å². The first kappa shape index (κ1) is 29.8. The van der Waals surface area contributed by atoms with E-state index in [-0.39, 0.29) is 24.0 Å². The van der Waals surface area contributed by atoms with Gasteiger partial charge in [0.1, 0.15) is 0 Å². The summed E-state index contributed by atoms with van der Waals surface area (Å²) in [5.41, 5.74) is 1.25. The molecule has 8 heteroatoms. The molecule has 1 aromatic carbocycles.